The van der Waals surface area contributed by atoms with Gasteiger partial charge in [-0.3, -0.25) is 4.79 Å². The summed E-state index contributed by atoms with van der Waals surface area (Å²) in [4.78, 5) is 21.6. The van der Waals surface area contributed by atoms with E-state index in [1.54, 1.807) is 23.1 Å². The normalized spacial score (nSPS) is 28.4. The van der Waals surface area contributed by atoms with E-state index in [4.69, 9.17) is 4.74 Å². The van der Waals surface area contributed by atoms with Gasteiger partial charge in [0.15, 0.2) is 0 Å². The highest BCUT2D eigenvalue weighted by molar-refractivity contribution is 5.97. The molecule has 0 bridgehead atoms. The third-order valence-corrected chi connectivity index (χ3v) is 4.96. The number of nitrogens with one attached hydrogen (secondary N) is 1. The van der Waals surface area contributed by atoms with Gasteiger partial charge in [0, 0.05) is 18.7 Å². The molecule has 3 rings (SSSR count). The fourth-order valence-corrected chi connectivity index (χ4v) is 3.32. The highest BCUT2D eigenvalue weighted by Crippen LogP contribution is 2.32. The molecule has 1 aliphatic rings. The predicted molar refractivity (Wildman–Crippen MR) is 96.1 cm³/mol. The van der Waals surface area contributed by atoms with E-state index in [9.17, 15) is 25.2 Å². The molecule has 1 fully saturated rings. The molecule has 1 saturated heterocycles. The van der Waals surface area contributed by atoms with Gasteiger partial charge >= 0.3 is 0 Å². The van der Waals surface area contributed by atoms with Gasteiger partial charge in [-0.25, -0.2) is 4.98 Å². The zero-order chi connectivity index (χ0) is 19.7. The van der Waals surface area contributed by atoms with Crippen LogP contribution in [0.25, 0.3) is 11.0 Å². The van der Waals surface area contributed by atoms with Crippen molar-refractivity contribution in [3.63, 3.8) is 0 Å². The Morgan fingerprint density at radius 3 is 2.52 bits per heavy atom. The summed E-state index contributed by atoms with van der Waals surface area (Å²) in [6.45, 7) is 4.52. The van der Waals surface area contributed by atoms with Gasteiger partial charge in [-0.05, 0) is 32.0 Å². The molecule has 27 heavy (non-hydrogen) atoms. The molecule has 0 radical (unpaired) electrons. The van der Waals surface area contributed by atoms with Crippen molar-refractivity contribution in [2.24, 2.45) is 0 Å². The maximum atomic E-state index is 12.5. The summed E-state index contributed by atoms with van der Waals surface area (Å²) in [5.74, 6) is 0.153. The molecule has 9 nitrogen and oxygen atoms in total. The Labute approximate surface area is 156 Å². The molecule has 1 aromatic heterocycles. The number of carbonyl (C=O) groups is 1. The second-order valence-corrected chi connectivity index (χ2v) is 6.58. The molecule has 1 aromatic carbocycles. The van der Waals surface area contributed by atoms with Gasteiger partial charge in [0.25, 0.3) is 5.91 Å². The Morgan fingerprint density at radius 2 is 1.89 bits per heavy atom. The third kappa shape index (κ3) is 3.56. The number of benzene rings is 1. The second kappa shape index (κ2) is 7.91. The fraction of sp³-hybridized carbons (Fsp3) is 0.556. The maximum absolute atomic E-state index is 12.5. The summed E-state index contributed by atoms with van der Waals surface area (Å²) in [6, 6.07) is 5.05. The van der Waals surface area contributed by atoms with Crippen LogP contribution in [0.5, 0.6) is 0 Å². The minimum Gasteiger partial charge on any atom is -0.394 e. The van der Waals surface area contributed by atoms with Crippen LogP contribution in [0.2, 0.25) is 0 Å². The van der Waals surface area contributed by atoms with E-state index in [1.165, 1.54) is 0 Å². The second-order valence-electron chi connectivity index (χ2n) is 6.58. The van der Waals surface area contributed by atoms with Gasteiger partial charge in [0.05, 0.1) is 17.6 Å². The van der Waals surface area contributed by atoms with E-state index < -0.39 is 37.1 Å². The molecule has 1 amide bonds. The average Bonchev–Trinajstić information content (AvgIpc) is 3.10. The van der Waals surface area contributed by atoms with Crippen LogP contribution in [0.15, 0.2) is 18.2 Å². The molecule has 0 saturated carbocycles. The number of carbonyl (C=O) groups excluding carboxylic acids is 1. The SMILES string of the molecule is CCN(CC)C(=O)c1ccc2nc([C@@H]3O[C@H](CO)[C@H](O)[C@H](O)[C@H]3O)[nH]c2c1. The molecule has 5 N–H and O–H groups in total. The van der Waals surface area contributed by atoms with E-state index in [0.717, 1.165) is 0 Å². The minimum atomic E-state index is -1.48. The molecule has 148 valence electrons. The molecule has 1 aliphatic heterocycles. The Hall–Kier alpha value is -2.04. The maximum Gasteiger partial charge on any atom is 0.253 e. The number of ether oxygens (including phenoxy) is 1. The van der Waals surface area contributed by atoms with Crippen LogP contribution < -0.4 is 0 Å². The molecule has 0 spiro atoms. The monoisotopic (exact) mass is 379 g/mol. The van der Waals surface area contributed by atoms with E-state index in [1.807, 2.05) is 13.8 Å². The van der Waals surface area contributed by atoms with Gasteiger partial charge in [-0.2, -0.15) is 0 Å². The number of amides is 1. The van der Waals surface area contributed by atoms with E-state index >= 15 is 0 Å². The Bertz CT molecular complexity index is 803. The van der Waals surface area contributed by atoms with Crippen molar-refractivity contribution in [1.29, 1.82) is 0 Å². The number of imidazole rings is 1. The van der Waals surface area contributed by atoms with Gasteiger partial charge in [-0.15, -0.1) is 0 Å². The summed E-state index contributed by atoms with van der Waals surface area (Å²) in [7, 11) is 0. The quantitative estimate of drug-likeness (QED) is 0.474. The number of aromatic nitrogens is 2. The lowest BCUT2D eigenvalue weighted by atomic mass is 9.95. The lowest BCUT2D eigenvalue weighted by Gasteiger charge is -2.39. The van der Waals surface area contributed by atoms with Crippen molar-refractivity contribution in [3.8, 4) is 0 Å². The van der Waals surface area contributed by atoms with E-state index in [2.05, 4.69) is 9.97 Å². The molecule has 0 unspecified atom stereocenters. The first kappa shape index (κ1) is 19.7. The summed E-state index contributed by atoms with van der Waals surface area (Å²) >= 11 is 0. The first-order valence-electron chi connectivity index (χ1n) is 9.00. The smallest absolute Gasteiger partial charge is 0.253 e. The number of fused-ring (bicyclic) bond motifs is 1. The lowest BCUT2D eigenvalue weighted by molar-refractivity contribution is -0.233. The lowest BCUT2D eigenvalue weighted by Crippen LogP contribution is -2.55. The van der Waals surface area contributed by atoms with Gasteiger partial charge < -0.3 is 35.0 Å². The molecule has 2 heterocycles. The zero-order valence-electron chi connectivity index (χ0n) is 15.2. The Morgan fingerprint density at radius 1 is 1.19 bits per heavy atom. The van der Waals surface area contributed by atoms with E-state index in [-0.39, 0.29) is 11.7 Å². The third-order valence-electron chi connectivity index (χ3n) is 4.96. The van der Waals surface area contributed by atoms with Crippen LogP contribution in [0.4, 0.5) is 0 Å². The molecular formula is C18H25N3O6. The predicted octanol–water partition coefficient (Wildman–Crippen LogP) is -0.440. The van der Waals surface area contributed by atoms with Gasteiger partial charge in [-0.1, -0.05) is 0 Å². The molecule has 2 aromatic rings. The topological polar surface area (TPSA) is 139 Å². The number of rotatable bonds is 5. The summed E-state index contributed by atoms with van der Waals surface area (Å²) in [5, 5.41) is 39.4. The summed E-state index contributed by atoms with van der Waals surface area (Å²) < 4.78 is 5.52. The first-order chi connectivity index (χ1) is 12.9. The van der Waals surface area contributed by atoms with Crippen LogP contribution in [0.1, 0.15) is 36.1 Å². The van der Waals surface area contributed by atoms with Crippen molar-refractivity contribution < 1.29 is 30.0 Å². The Balaban J connectivity index is 1.91. The van der Waals surface area contributed by atoms with Gasteiger partial charge in [0.2, 0.25) is 0 Å². The van der Waals surface area contributed by atoms with Crippen molar-refractivity contribution in [2.45, 2.75) is 44.4 Å². The van der Waals surface area contributed by atoms with Crippen molar-refractivity contribution in [2.75, 3.05) is 19.7 Å². The number of hydrogen-bond donors (Lipinski definition) is 5. The molecular weight excluding hydrogens is 354 g/mol. The molecule has 5 atom stereocenters. The standard InChI is InChI=1S/C18H25N3O6/c1-3-21(4-2)18(26)9-5-6-10-11(7-9)20-17(19-10)16-15(25)14(24)13(23)12(8-22)27-16/h5-7,12-16,22-25H,3-4,8H2,1-2H3,(H,19,20)/t12-,13+,14+,15-,16-/m1/s1. The van der Waals surface area contributed by atoms with Crippen LogP contribution >= 0.6 is 0 Å². The highest BCUT2D eigenvalue weighted by atomic mass is 16.5. The van der Waals surface area contributed by atoms with Crippen LogP contribution in [-0.2, 0) is 4.74 Å². The molecule has 9 heteroatoms. The minimum absolute atomic E-state index is 0.0918. The number of aromatic amines is 1. The van der Waals surface area contributed by atoms with Crippen molar-refractivity contribution in [3.05, 3.63) is 29.6 Å². The average molecular weight is 379 g/mol. The first-order valence-corrected chi connectivity index (χ1v) is 9.00. The van der Waals surface area contributed by atoms with Crippen LogP contribution in [0, 0.1) is 0 Å². The number of H-pyrrole nitrogens is 1. The highest BCUT2D eigenvalue weighted by Gasteiger charge is 2.45. The molecule has 0 aliphatic carbocycles. The van der Waals surface area contributed by atoms with Crippen molar-refractivity contribution in [1.82, 2.24) is 14.9 Å². The zero-order valence-corrected chi connectivity index (χ0v) is 15.2. The number of aliphatic hydroxyl groups is 4. The Kier molecular flexibility index (Phi) is 5.78. The number of nitrogens with zero attached hydrogens (tertiary/aromatic N) is 2. The van der Waals surface area contributed by atoms with E-state index in [0.29, 0.717) is 29.7 Å². The van der Waals surface area contributed by atoms with Crippen molar-refractivity contribution >= 4 is 16.9 Å². The fourth-order valence-electron chi connectivity index (χ4n) is 3.32. The van der Waals surface area contributed by atoms with Gasteiger partial charge in [0.1, 0.15) is 36.3 Å². The summed E-state index contributed by atoms with van der Waals surface area (Å²) in [6.07, 6.45) is -6.38. The summed E-state index contributed by atoms with van der Waals surface area (Å²) in [5.41, 5.74) is 1.66. The largest absolute Gasteiger partial charge is 0.394 e. The van der Waals surface area contributed by atoms with Crippen LogP contribution in [-0.4, -0.2) is 85.3 Å². The number of hydrogen-bond acceptors (Lipinski definition) is 7. The number of aliphatic hydroxyl groups excluding tert-OH is 4. The van der Waals surface area contributed by atoms with Crippen LogP contribution in [0.3, 0.4) is 0 Å².